The van der Waals surface area contributed by atoms with E-state index < -0.39 is 15.9 Å². The minimum absolute atomic E-state index is 0.138. The SMILES string of the molecule is COc1ccc(S(=O)(=O)c2ccc(CCNC[C@H](O)COc3cccc4[nH]ccc34)cc2)cc1OC. The number of benzene rings is 3. The Bertz CT molecular complexity index is 1400. The zero-order chi connectivity index (χ0) is 25.5. The summed E-state index contributed by atoms with van der Waals surface area (Å²) in [4.78, 5) is 3.48. The predicted octanol–water partition coefficient (Wildman–Crippen LogP) is 3.59. The summed E-state index contributed by atoms with van der Waals surface area (Å²) in [6.07, 6.45) is 1.88. The first kappa shape index (κ1) is 25.6. The molecule has 0 aliphatic heterocycles. The molecule has 0 bridgehead atoms. The zero-order valence-electron chi connectivity index (χ0n) is 20.2. The number of hydrogen-bond donors (Lipinski definition) is 3. The van der Waals surface area contributed by atoms with Gasteiger partial charge in [0, 0.05) is 29.7 Å². The minimum atomic E-state index is -3.69. The van der Waals surface area contributed by atoms with Crippen LogP contribution in [0.2, 0.25) is 0 Å². The molecule has 0 spiro atoms. The fourth-order valence-electron chi connectivity index (χ4n) is 3.88. The first-order valence-corrected chi connectivity index (χ1v) is 13.0. The largest absolute Gasteiger partial charge is 0.493 e. The van der Waals surface area contributed by atoms with E-state index in [0.717, 1.165) is 22.2 Å². The van der Waals surface area contributed by atoms with Gasteiger partial charge in [-0.3, -0.25) is 0 Å². The van der Waals surface area contributed by atoms with E-state index in [2.05, 4.69) is 10.3 Å². The number of ether oxygens (including phenoxy) is 3. The Kier molecular flexibility index (Phi) is 8.14. The molecule has 8 nitrogen and oxygen atoms in total. The third-order valence-electron chi connectivity index (χ3n) is 5.86. The van der Waals surface area contributed by atoms with Gasteiger partial charge in [0.05, 0.1) is 24.0 Å². The quantitative estimate of drug-likeness (QED) is 0.250. The molecule has 0 radical (unpaired) electrons. The molecular weight excluding hydrogens is 480 g/mol. The lowest BCUT2D eigenvalue weighted by Gasteiger charge is -2.14. The monoisotopic (exact) mass is 510 g/mol. The highest BCUT2D eigenvalue weighted by Crippen LogP contribution is 2.32. The van der Waals surface area contributed by atoms with Gasteiger partial charge in [0.2, 0.25) is 9.84 Å². The van der Waals surface area contributed by atoms with Crippen molar-refractivity contribution in [1.82, 2.24) is 10.3 Å². The fourth-order valence-corrected chi connectivity index (χ4v) is 5.16. The van der Waals surface area contributed by atoms with E-state index in [1.54, 1.807) is 30.3 Å². The summed E-state index contributed by atoms with van der Waals surface area (Å²) in [5.41, 5.74) is 1.97. The number of fused-ring (bicyclic) bond motifs is 1. The predicted molar refractivity (Wildman–Crippen MR) is 138 cm³/mol. The molecule has 190 valence electrons. The first-order valence-electron chi connectivity index (χ1n) is 11.6. The van der Waals surface area contributed by atoms with Crippen molar-refractivity contribution in [2.24, 2.45) is 0 Å². The van der Waals surface area contributed by atoms with Crippen molar-refractivity contribution < 1.29 is 27.7 Å². The molecule has 1 aromatic heterocycles. The van der Waals surface area contributed by atoms with Gasteiger partial charge in [0.1, 0.15) is 18.5 Å². The highest BCUT2D eigenvalue weighted by Gasteiger charge is 2.20. The second kappa shape index (κ2) is 11.5. The maximum Gasteiger partial charge on any atom is 0.206 e. The van der Waals surface area contributed by atoms with E-state index in [0.29, 0.717) is 31.0 Å². The van der Waals surface area contributed by atoms with Gasteiger partial charge in [-0.15, -0.1) is 0 Å². The lowest BCUT2D eigenvalue weighted by atomic mass is 10.1. The molecule has 0 saturated heterocycles. The number of rotatable bonds is 12. The molecule has 4 rings (SSSR count). The van der Waals surface area contributed by atoms with Gasteiger partial charge in [-0.05, 0) is 61.0 Å². The highest BCUT2D eigenvalue weighted by molar-refractivity contribution is 7.91. The number of hydrogen-bond acceptors (Lipinski definition) is 7. The van der Waals surface area contributed by atoms with Crippen LogP contribution in [0.1, 0.15) is 5.56 Å². The second-order valence-electron chi connectivity index (χ2n) is 8.28. The van der Waals surface area contributed by atoms with Crippen LogP contribution in [0.3, 0.4) is 0 Å². The van der Waals surface area contributed by atoms with Gasteiger partial charge in [0.25, 0.3) is 0 Å². The Balaban J connectivity index is 1.26. The second-order valence-corrected chi connectivity index (χ2v) is 10.2. The van der Waals surface area contributed by atoms with Crippen LogP contribution in [0.15, 0.2) is 82.7 Å². The number of sulfone groups is 1. The number of aromatic nitrogens is 1. The Morgan fingerprint density at radius 2 is 1.67 bits per heavy atom. The topological polar surface area (TPSA) is 110 Å². The van der Waals surface area contributed by atoms with Crippen molar-refractivity contribution in [3.05, 3.63) is 78.5 Å². The molecule has 1 heterocycles. The van der Waals surface area contributed by atoms with E-state index in [1.165, 1.54) is 26.4 Å². The van der Waals surface area contributed by atoms with Crippen LogP contribution < -0.4 is 19.5 Å². The van der Waals surface area contributed by atoms with Crippen molar-refractivity contribution in [3.8, 4) is 17.2 Å². The van der Waals surface area contributed by atoms with Gasteiger partial charge in [-0.25, -0.2) is 8.42 Å². The molecule has 0 unspecified atom stereocenters. The summed E-state index contributed by atoms with van der Waals surface area (Å²) >= 11 is 0. The summed E-state index contributed by atoms with van der Waals surface area (Å²) in [6, 6.07) is 19.0. The van der Waals surface area contributed by atoms with Crippen LogP contribution >= 0.6 is 0 Å². The summed E-state index contributed by atoms with van der Waals surface area (Å²) in [6.45, 7) is 1.20. The number of nitrogens with one attached hydrogen (secondary N) is 2. The fraction of sp³-hybridized carbons (Fsp3) is 0.259. The molecule has 36 heavy (non-hydrogen) atoms. The van der Waals surface area contributed by atoms with Crippen LogP contribution in [-0.2, 0) is 16.3 Å². The van der Waals surface area contributed by atoms with Crippen molar-refractivity contribution in [1.29, 1.82) is 0 Å². The van der Waals surface area contributed by atoms with Crippen molar-refractivity contribution in [3.63, 3.8) is 0 Å². The van der Waals surface area contributed by atoms with E-state index in [4.69, 9.17) is 14.2 Å². The minimum Gasteiger partial charge on any atom is -0.493 e. The standard InChI is InChI=1S/C27H30N2O6S/c1-33-26-11-10-22(16-27(26)34-2)36(31,32)21-8-6-19(7-9-21)12-14-28-17-20(30)18-35-25-5-3-4-24-23(25)13-15-29-24/h3-11,13,15-16,20,28-30H,12,14,17-18H2,1-2H3/t20-/m0/s1. The first-order chi connectivity index (χ1) is 17.4. The molecule has 1 atom stereocenters. The third kappa shape index (κ3) is 5.81. The Morgan fingerprint density at radius 1 is 0.917 bits per heavy atom. The smallest absolute Gasteiger partial charge is 0.206 e. The molecule has 9 heteroatoms. The molecule has 0 fully saturated rings. The molecule has 0 aliphatic carbocycles. The van der Waals surface area contributed by atoms with E-state index >= 15 is 0 Å². The Hall–Kier alpha value is -3.53. The van der Waals surface area contributed by atoms with Crippen LogP contribution in [-0.4, -0.2) is 58.5 Å². The Morgan fingerprint density at radius 3 is 2.42 bits per heavy atom. The van der Waals surface area contributed by atoms with Crippen molar-refractivity contribution >= 4 is 20.7 Å². The lowest BCUT2D eigenvalue weighted by molar-refractivity contribution is 0.107. The normalized spacial score (nSPS) is 12.4. The highest BCUT2D eigenvalue weighted by atomic mass is 32.2. The average Bonchev–Trinajstić information content (AvgIpc) is 3.39. The van der Waals surface area contributed by atoms with Crippen LogP contribution in [0.5, 0.6) is 17.2 Å². The molecule has 0 aliphatic rings. The van der Waals surface area contributed by atoms with Gasteiger partial charge >= 0.3 is 0 Å². The molecule has 3 N–H and O–H groups in total. The summed E-state index contributed by atoms with van der Waals surface area (Å²) < 4.78 is 42.2. The zero-order valence-corrected chi connectivity index (χ0v) is 21.0. The maximum atomic E-state index is 13.0. The van der Waals surface area contributed by atoms with Crippen LogP contribution in [0, 0.1) is 0 Å². The summed E-state index contributed by atoms with van der Waals surface area (Å²) in [7, 11) is -0.724. The van der Waals surface area contributed by atoms with E-state index in [1.807, 2.05) is 30.5 Å². The molecular formula is C27H30N2O6S. The van der Waals surface area contributed by atoms with Crippen molar-refractivity contribution in [2.45, 2.75) is 22.3 Å². The van der Waals surface area contributed by atoms with Crippen LogP contribution in [0.4, 0.5) is 0 Å². The number of aromatic amines is 1. The Labute approximate surface area is 210 Å². The van der Waals surface area contributed by atoms with Gasteiger partial charge < -0.3 is 29.6 Å². The lowest BCUT2D eigenvalue weighted by Crippen LogP contribution is -2.32. The number of methoxy groups -OCH3 is 2. The van der Waals surface area contributed by atoms with E-state index in [-0.39, 0.29) is 16.4 Å². The number of aliphatic hydroxyl groups excluding tert-OH is 1. The van der Waals surface area contributed by atoms with Crippen molar-refractivity contribution in [2.75, 3.05) is 33.9 Å². The molecule has 3 aromatic carbocycles. The molecule has 0 saturated carbocycles. The molecule has 4 aromatic rings. The maximum absolute atomic E-state index is 13.0. The number of H-pyrrole nitrogens is 1. The number of aliphatic hydroxyl groups is 1. The van der Waals surface area contributed by atoms with Crippen LogP contribution in [0.25, 0.3) is 10.9 Å². The third-order valence-corrected chi connectivity index (χ3v) is 7.62. The van der Waals surface area contributed by atoms with Gasteiger partial charge in [-0.2, -0.15) is 0 Å². The summed E-state index contributed by atoms with van der Waals surface area (Å²) in [5.74, 6) is 1.56. The van der Waals surface area contributed by atoms with Gasteiger partial charge in [-0.1, -0.05) is 18.2 Å². The molecule has 0 amide bonds. The van der Waals surface area contributed by atoms with Gasteiger partial charge in [0.15, 0.2) is 11.5 Å². The van der Waals surface area contributed by atoms with E-state index in [9.17, 15) is 13.5 Å². The average molecular weight is 511 g/mol. The summed E-state index contributed by atoms with van der Waals surface area (Å²) in [5, 5.41) is 14.5.